The van der Waals surface area contributed by atoms with Crippen molar-refractivity contribution in [3.8, 4) is 0 Å². The molecule has 0 aliphatic rings. The van der Waals surface area contributed by atoms with Gasteiger partial charge in [-0.25, -0.2) is 18.7 Å². The molecule has 2 rings (SSSR count). The minimum Gasteiger partial charge on any atom is -0.334 e. The maximum absolute atomic E-state index is 13.6. The molecule has 0 aromatic carbocycles. The number of imidazole rings is 1. The van der Waals surface area contributed by atoms with Gasteiger partial charge in [0, 0.05) is 26.0 Å². The summed E-state index contributed by atoms with van der Waals surface area (Å²) in [4.78, 5) is 7.77. The Morgan fingerprint density at radius 1 is 1.45 bits per heavy atom. The fraction of sp³-hybridized carbons (Fsp3) is 0.333. The van der Waals surface area contributed by atoms with Gasteiger partial charge in [0.2, 0.25) is 0 Å². The van der Waals surface area contributed by atoms with Gasteiger partial charge in [-0.1, -0.05) is 0 Å². The topological polar surface area (TPSA) is 68.1 Å². The van der Waals surface area contributed by atoms with E-state index >= 15 is 0 Å². The van der Waals surface area contributed by atoms with Crippen LogP contribution in [0.1, 0.15) is 12.7 Å². The summed E-state index contributed by atoms with van der Waals surface area (Å²) >= 11 is 0. The summed E-state index contributed by atoms with van der Waals surface area (Å²) in [6, 6.07) is 2.56. The van der Waals surface area contributed by atoms with Crippen LogP contribution in [0.25, 0.3) is 0 Å². The van der Waals surface area contributed by atoms with Gasteiger partial charge in [0.05, 0.1) is 0 Å². The molecule has 2 heterocycles. The zero-order chi connectivity index (χ0) is 14.9. The molecule has 20 heavy (non-hydrogen) atoms. The number of nitrogens with zero attached hydrogens (tertiary/aromatic N) is 4. The standard InChI is InChI=1S/C12H15FN4O2S/c1-4-17-8-11(15-9(17)2)20(18,19)16(3)12-10(13)6-5-7-14-12/h5-8H,4H2,1-3H3. The van der Waals surface area contributed by atoms with Gasteiger partial charge in [-0.2, -0.15) is 8.42 Å². The molecule has 2 aromatic heterocycles. The monoisotopic (exact) mass is 298 g/mol. The Balaban J connectivity index is 2.47. The first-order chi connectivity index (χ1) is 9.37. The van der Waals surface area contributed by atoms with Gasteiger partial charge >= 0.3 is 0 Å². The lowest BCUT2D eigenvalue weighted by molar-refractivity contribution is 0.584. The number of hydrogen-bond acceptors (Lipinski definition) is 4. The van der Waals surface area contributed by atoms with Crippen LogP contribution in [0.15, 0.2) is 29.6 Å². The molecule has 0 fully saturated rings. The maximum Gasteiger partial charge on any atom is 0.284 e. The third kappa shape index (κ3) is 2.38. The average molecular weight is 298 g/mol. The van der Waals surface area contributed by atoms with Gasteiger partial charge in [0.25, 0.3) is 10.0 Å². The number of sulfonamides is 1. The predicted molar refractivity (Wildman–Crippen MR) is 72.4 cm³/mol. The lowest BCUT2D eigenvalue weighted by atomic mass is 10.4. The van der Waals surface area contributed by atoms with Crippen LogP contribution < -0.4 is 4.31 Å². The molecule has 0 N–H and O–H groups in total. The molecule has 0 spiro atoms. The van der Waals surface area contributed by atoms with Gasteiger partial charge in [0.15, 0.2) is 16.7 Å². The molecule has 0 saturated carbocycles. The summed E-state index contributed by atoms with van der Waals surface area (Å²) in [7, 11) is -2.68. The van der Waals surface area contributed by atoms with E-state index < -0.39 is 15.8 Å². The number of aromatic nitrogens is 3. The van der Waals surface area contributed by atoms with E-state index in [0.29, 0.717) is 12.4 Å². The van der Waals surface area contributed by atoms with Crippen molar-refractivity contribution in [2.24, 2.45) is 0 Å². The Kier molecular flexibility index (Phi) is 3.76. The van der Waals surface area contributed by atoms with E-state index in [9.17, 15) is 12.8 Å². The van der Waals surface area contributed by atoms with Crippen molar-refractivity contribution in [2.75, 3.05) is 11.4 Å². The molecule has 108 valence electrons. The number of hydrogen-bond donors (Lipinski definition) is 0. The zero-order valence-corrected chi connectivity index (χ0v) is 12.2. The van der Waals surface area contributed by atoms with Crippen LogP contribution in [0.3, 0.4) is 0 Å². The Morgan fingerprint density at radius 2 is 2.15 bits per heavy atom. The van der Waals surface area contributed by atoms with Crippen molar-refractivity contribution >= 4 is 15.8 Å². The van der Waals surface area contributed by atoms with Crippen LogP contribution in [-0.4, -0.2) is 30.0 Å². The Bertz CT molecular complexity index is 727. The van der Waals surface area contributed by atoms with Crippen molar-refractivity contribution in [1.29, 1.82) is 0 Å². The predicted octanol–water partition coefficient (Wildman–Crippen LogP) is 1.57. The number of pyridine rings is 1. The Morgan fingerprint density at radius 3 is 2.70 bits per heavy atom. The fourth-order valence-electron chi connectivity index (χ4n) is 1.79. The zero-order valence-electron chi connectivity index (χ0n) is 11.4. The SMILES string of the molecule is CCn1cc(S(=O)(=O)N(C)c2ncccc2F)nc1C. The van der Waals surface area contributed by atoms with Gasteiger partial charge in [-0.05, 0) is 26.0 Å². The lowest BCUT2D eigenvalue weighted by Gasteiger charge is -2.17. The summed E-state index contributed by atoms with van der Waals surface area (Å²) in [5.41, 5.74) is 0. The molecule has 0 radical (unpaired) electrons. The van der Waals surface area contributed by atoms with Gasteiger partial charge < -0.3 is 4.57 Å². The van der Waals surface area contributed by atoms with Gasteiger partial charge in [-0.3, -0.25) is 0 Å². The second-order valence-corrected chi connectivity index (χ2v) is 6.11. The first kappa shape index (κ1) is 14.4. The van der Waals surface area contributed by atoms with E-state index in [1.807, 2.05) is 6.92 Å². The first-order valence-corrected chi connectivity index (χ1v) is 7.45. The molecular formula is C12H15FN4O2S. The third-order valence-electron chi connectivity index (χ3n) is 2.96. The molecule has 6 nitrogen and oxygen atoms in total. The second kappa shape index (κ2) is 5.20. The Hall–Kier alpha value is -1.96. The highest BCUT2D eigenvalue weighted by molar-refractivity contribution is 7.92. The molecule has 2 aromatic rings. The van der Waals surface area contributed by atoms with Crippen molar-refractivity contribution in [3.05, 3.63) is 36.2 Å². The first-order valence-electron chi connectivity index (χ1n) is 6.01. The number of aryl methyl sites for hydroxylation is 2. The van der Waals surface area contributed by atoms with E-state index in [1.165, 1.54) is 25.5 Å². The highest BCUT2D eigenvalue weighted by atomic mass is 32.2. The molecule has 8 heteroatoms. The summed E-state index contributed by atoms with van der Waals surface area (Å²) in [6.45, 7) is 4.20. The minimum atomic E-state index is -3.93. The summed E-state index contributed by atoms with van der Waals surface area (Å²) in [5.74, 6) is -0.373. The number of anilines is 1. The third-order valence-corrected chi connectivity index (χ3v) is 4.58. The van der Waals surface area contributed by atoms with Crippen LogP contribution in [0.2, 0.25) is 0 Å². The lowest BCUT2D eigenvalue weighted by Crippen LogP contribution is -2.28. The second-order valence-electron chi connectivity index (χ2n) is 4.19. The molecule has 0 amide bonds. The number of rotatable bonds is 4. The van der Waals surface area contributed by atoms with E-state index in [1.54, 1.807) is 11.5 Å². The van der Waals surface area contributed by atoms with Crippen molar-refractivity contribution < 1.29 is 12.8 Å². The summed E-state index contributed by atoms with van der Waals surface area (Å²) in [6.07, 6.45) is 2.77. The van der Waals surface area contributed by atoms with Gasteiger partial charge in [0.1, 0.15) is 5.82 Å². The van der Waals surface area contributed by atoms with E-state index in [4.69, 9.17) is 0 Å². The van der Waals surface area contributed by atoms with E-state index in [2.05, 4.69) is 9.97 Å². The molecule has 0 atom stereocenters. The number of halogens is 1. The smallest absolute Gasteiger partial charge is 0.284 e. The van der Waals surface area contributed by atoms with Crippen molar-refractivity contribution in [1.82, 2.24) is 14.5 Å². The molecular weight excluding hydrogens is 283 g/mol. The fourth-order valence-corrected chi connectivity index (χ4v) is 2.94. The summed E-state index contributed by atoms with van der Waals surface area (Å²) in [5, 5.41) is -0.121. The van der Waals surface area contributed by atoms with Crippen LogP contribution in [0.4, 0.5) is 10.2 Å². The van der Waals surface area contributed by atoms with E-state index in [0.717, 1.165) is 10.4 Å². The highest BCUT2D eigenvalue weighted by Gasteiger charge is 2.27. The Labute approximate surface area is 116 Å². The maximum atomic E-state index is 13.6. The van der Waals surface area contributed by atoms with Gasteiger partial charge in [-0.15, -0.1) is 0 Å². The van der Waals surface area contributed by atoms with Crippen LogP contribution in [-0.2, 0) is 16.6 Å². The molecule has 0 unspecified atom stereocenters. The summed E-state index contributed by atoms with van der Waals surface area (Å²) < 4.78 is 41.0. The quantitative estimate of drug-likeness (QED) is 0.859. The van der Waals surface area contributed by atoms with E-state index in [-0.39, 0.29) is 10.8 Å². The van der Waals surface area contributed by atoms with Crippen molar-refractivity contribution in [2.45, 2.75) is 25.4 Å². The highest BCUT2D eigenvalue weighted by Crippen LogP contribution is 2.21. The largest absolute Gasteiger partial charge is 0.334 e. The van der Waals surface area contributed by atoms with Crippen molar-refractivity contribution in [3.63, 3.8) is 0 Å². The van der Waals surface area contributed by atoms with Crippen LogP contribution in [0, 0.1) is 12.7 Å². The molecule has 0 aliphatic carbocycles. The minimum absolute atomic E-state index is 0.121. The molecule has 0 bridgehead atoms. The van der Waals surface area contributed by atoms with Crippen LogP contribution >= 0.6 is 0 Å². The molecule has 0 saturated heterocycles. The normalized spacial score (nSPS) is 11.6. The molecule has 0 aliphatic heterocycles. The average Bonchev–Trinajstić information content (AvgIpc) is 2.80. The van der Waals surface area contributed by atoms with Crippen LogP contribution in [0.5, 0.6) is 0 Å².